The van der Waals surface area contributed by atoms with Crippen molar-refractivity contribution >= 4 is 21.6 Å². The zero-order chi connectivity index (χ0) is 14.0. The monoisotopic (exact) mass is 324 g/mol. The van der Waals surface area contributed by atoms with Crippen LogP contribution >= 0.6 is 15.9 Å². The van der Waals surface area contributed by atoms with Gasteiger partial charge in [0.05, 0.1) is 0 Å². The molecule has 1 fully saturated rings. The number of halogens is 1. The van der Waals surface area contributed by atoms with E-state index in [1.807, 2.05) is 0 Å². The van der Waals surface area contributed by atoms with Gasteiger partial charge in [-0.3, -0.25) is 0 Å². The van der Waals surface area contributed by atoms with Gasteiger partial charge in [-0.25, -0.2) is 0 Å². The lowest BCUT2D eigenvalue weighted by molar-refractivity contribution is 0.253. The largest absolute Gasteiger partial charge is 0.365 e. The third kappa shape index (κ3) is 2.97. The molecule has 1 aliphatic rings. The fraction of sp³-hybridized carbons (Fsp3) is 0.625. The van der Waals surface area contributed by atoms with Gasteiger partial charge in [0.15, 0.2) is 0 Å². The van der Waals surface area contributed by atoms with E-state index < -0.39 is 0 Å². The molecule has 1 aromatic carbocycles. The lowest BCUT2D eigenvalue weighted by Crippen LogP contribution is -2.63. The van der Waals surface area contributed by atoms with Crippen molar-refractivity contribution in [1.82, 2.24) is 5.32 Å². The molecule has 0 amide bonds. The van der Waals surface area contributed by atoms with Crippen LogP contribution in [0.15, 0.2) is 22.7 Å². The van der Waals surface area contributed by atoms with Crippen LogP contribution < -0.4 is 10.2 Å². The molecule has 0 aliphatic carbocycles. The molecule has 1 N–H and O–H groups in total. The Bertz CT molecular complexity index is 440. The van der Waals surface area contributed by atoms with Crippen molar-refractivity contribution in [3.05, 3.63) is 28.2 Å². The average Bonchev–Trinajstić information content (AvgIpc) is 2.41. The summed E-state index contributed by atoms with van der Waals surface area (Å²) in [4.78, 5) is 2.57. The number of anilines is 1. The van der Waals surface area contributed by atoms with Crippen molar-refractivity contribution in [2.45, 2.75) is 52.1 Å². The molecule has 0 aromatic heterocycles. The van der Waals surface area contributed by atoms with Gasteiger partial charge in [-0.15, -0.1) is 0 Å². The highest BCUT2D eigenvalue weighted by Gasteiger charge is 2.35. The lowest BCUT2D eigenvalue weighted by Gasteiger charge is -2.48. The van der Waals surface area contributed by atoms with E-state index in [0.29, 0.717) is 6.04 Å². The van der Waals surface area contributed by atoms with Gasteiger partial charge in [-0.05, 0) is 50.5 Å². The third-order valence-electron chi connectivity index (χ3n) is 4.60. The van der Waals surface area contributed by atoms with Crippen molar-refractivity contribution < 1.29 is 0 Å². The quantitative estimate of drug-likeness (QED) is 0.899. The van der Waals surface area contributed by atoms with E-state index in [1.165, 1.54) is 24.1 Å². The molecule has 106 valence electrons. The van der Waals surface area contributed by atoms with E-state index in [2.05, 4.69) is 72.0 Å². The van der Waals surface area contributed by atoms with Gasteiger partial charge < -0.3 is 10.2 Å². The summed E-state index contributed by atoms with van der Waals surface area (Å²) in [5, 5.41) is 3.76. The molecular weight excluding hydrogens is 300 g/mol. The van der Waals surface area contributed by atoms with E-state index in [9.17, 15) is 0 Å². The van der Waals surface area contributed by atoms with Gasteiger partial charge in [0.2, 0.25) is 0 Å². The fourth-order valence-corrected chi connectivity index (χ4v) is 3.48. The Balaban J connectivity index is 2.31. The molecule has 1 saturated heterocycles. The topological polar surface area (TPSA) is 15.3 Å². The molecule has 1 atom stereocenters. The van der Waals surface area contributed by atoms with Crippen LogP contribution in [0.3, 0.4) is 0 Å². The first-order valence-corrected chi connectivity index (χ1v) is 8.08. The van der Waals surface area contributed by atoms with E-state index >= 15 is 0 Å². The maximum Gasteiger partial charge on any atom is 0.0400 e. The summed E-state index contributed by atoms with van der Waals surface area (Å²) < 4.78 is 1.16. The Morgan fingerprint density at radius 3 is 2.63 bits per heavy atom. The second-order valence-electron chi connectivity index (χ2n) is 5.78. The first-order chi connectivity index (χ1) is 9.01. The first-order valence-electron chi connectivity index (χ1n) is 7.29. The molecule has 1 aromatic rings. The first kappa shape index (κ1) is 14.9. The molecule has 1 aliphatic heterocycles. The smallest absolute Gasteiger partial charge is 0.0400 e. The maximum atomic E-state index is 3.76. The molecule has 2 rings (SSSR count). The normalized spacial score (nSPS) is 22.6. The zero-order valence-corrected chi connectivity index (χ0v) is 14.0. The highest BCUT2D eigenvalue weighted by molar-refractivity contribution is 9.10. The van der Waals surface area contributed by atoms with Gasteiger partial charge in [0, 0.05) is 34.8 Å². The number of nitrogens with one attached hydrogen (secondary N) is 1. The highest BCUT2D eigenvalue weighted by atomic mass is 79.9. The number of piperazine rings is 1. The Labute approximate surface area is 125 Å². The molecule has 0 bridgehead atoms. The lowest BCUT2D eigenvalue weighted by atomic mass is 9.88. The van der Waals surface area contributed by atoms with Gasteiger partial charge in [-0.2, -0.15) is 0 Å². The highest BCUT2D eigenvalue weighted by Crippen LogP contribution is 2.31. The third-order valence-corrected chi connectivity index (χ3v) is 5.09. The van der Waals surface area contributed by atoms with Crippen LogP contribution in [-0.4, -0.2) is 24.7 Å². The van der Waals surface area contributed by atoms with Crippen LogP contribution in [0.2, 0.25) is 0 Å². The summed E-state index contributed by atoms with van der Waals surface area (Å²) in [6.07, 6.45) is 2.37. The second-order valence-corrected chi connectivity index (χ2v) is 6.69. The Hall–Kier alpha value is -0.540. The van der Waals surface area contributed by atoms with Gasteiger partial charge in [-0.1, -0.05) is 29.8 Å². The summed E-state index contributed by atoms with van der Waals surface area (Å²) in [6.45, 7) is 11.3. The van der Waals surface area contributed by atoms with Gasteiger partial charge in [0.1, 0.15) is 0 Å². The SMILES string of the molecule is CCC1(CC)CN(c2ccc(Br)cc2C)C(C)CN1. The van der Waals surface area contributed by atoms with E-state index in [-0.39, 0.29) is 5.54 Å². The maximum absolute atomic E-state index is 3.76. The Morgan fingerprint density at radius 1 is 1.37 bits per heavy atom. The van der Waals surface area contributed by atoms with E-state index in [1.54, 1.807) is 0 Å². The van der Waals surface area contributed by atoms with E-state index in [0.717, 1.165) is 17.6 Å². The van der Waals surface area contributed by atoms with Crippen molar-refractivity contribution in [2.24, 2.45) is 0 Å². The van der Waals surface area contributed by atoms with Crippen LogP contribution in [0.5, 0.6) is 0 Å². The molecular formula is C16H25BrN2. The standard InChI is InChI=1S/C16H25BrN2/c1-5-16(6-2)11-19(13(4)10-18-16)15-8-7-14(17)9-12(15)3/h7-9,13,18H,5-6,10-11H2,1-4H3. The number of hydrogen-bond donors (Lipinski definition) is 1. The van der Waals surface area contributed by atoms with Crippen LogP contribution in [0.1, 0.15) is 39.2 Å². The minimum Gasteiger partial charge on any atom is -0.365 e. The molecule has 3 heteroatoms. The van der Waals surface area contributed by atoms with Crippen molar-refractivity contribution in [1.29, 1.82) is 0 Å². The average molecular weight is 325 g/mol. The second kappa shape index (κ2) is 5.84. The molecule has 0 saturated carbocycles. The van der Waals surface area contributed by atoms with Crippen molar-refractivity contribution in [2.75, 3.05) is 18.0 Å². The molecule has 2 nitrogen and oxygen atoms in total. The zero-order valence-electron chi connectivity index (χ0n) is 12.5. The molecule has 1 heterocycles. The van der Waals surface area contributed by atoms with Crippen LogP contribution in [0.25, 0.3) is 0 Å². The summed E-state index contributed by atoms with van der Waals surface area (Å²) >= 11 is 3.55. The van der Waals surface area contributed by atoms with Gasteiger partial charge in [0.25, 0.3) is 0 Å². The number of nitrogens with zero attached hydrogens (tertiary/aromatic N) is 1. The minimum atomic E-state index is 0.270. The summed E-state index contributed by atoms with van der Waals surface area (Å²) in [5.74, 6) is 0. The van der Waals surface area contributed by atoms with Crippen LogP contribution in [0, 0.1) is 6.92 Å². The fourth-order valence-electron chi connectivity index (χ4n) is 3.00. The predicted octanol–water partition coefficient (Wildman–Crippen LogP) is 4.11. The van der Waals surface area contributed by atoms with Crippen LogP contribution in [-0.2, 0) is 0 Å². The number of hydrogen-bond acceptors (Lipinski definition) is 2. The molecule has 1 unspecified atom stereocenters. The summed E-state index contributed by atoms with van der Waals surface area (Å²) in [5.41, 5.74) is 3.00. The predicted molar refractivity (Wildman–Crippen MR) is 87.0 cm³/mol. The summed E-state index contributed by atoms with van der Waals surface area (Å²) in [6, 6.07) is 7.16. The minimum absolute atomic E-state index is 0.270. The molecule has 19 heavy (non-hydrogen) atoms. The van der Waals surface area contributed by atoms with Gasteiger partial charge >= 0.3 is 0 Å². The number of benzene rings is 1. The number of aryl methyl sites for hydroxylation is 1. The van der Waals surface area contributed by atoms with Crippen molar-refractivity contribution in [3.8, 4) is 0 Å². The molecule has 0 radical (unpaired) electrons. The summed E-state index contributed by atoms with van der Waals surface area (Å²) in [7, 11) is 0. The van der Waals surface area contributed by atoms with E-state index in [4.69, 9.17) is 0 Å². The Kier molecular flexibility index (Phi) is 4.57. The number of rotatable bonds is 3. The van der Waals surface area contributed by atoms with Crippen molar-refractivity contribution in [3.63, 3.8) is 0 Å². The Morgan fingerprint density at radius 2 is 2.05 bits per heavy atom. The molecule has 0 spiro atoms. The van der Waals surface area contributed by atoms with Crippen LogP contribution in [0.4, 0.5) is 5.69 Å².